The summed E-state index contributed by atoms with van der Waals surface area (Å²) in [5.74, 6) is -1.41. The molecule has 2 aromatic carbocycles. The molecule has 4 aliphatic heterocycles. The van der Waals surface area contributed by atoms with Crippen molar-refractivity contribution in [3.63, 3.8) is 0 Å². The number of rotatable bonds is 11. The van der Waals surface area contributed by atoms with Gasteiger partial charge in [0.2, 0.25) is 11.8 Å². The van der Waals surface area contributed by atoms with E-state index in [2.05, 4.69) is 43.0 Å². The Hall–Kier alpha value is -3.56. The number of hydrogen-bond acceptors (Lipinski definition) is 6. The molecule has 0 saturated carbocycles. The summed E-state index contributed by atoms with van der Waals surface area (Å²) in [4.78, 5) is 51.3. The molecule has 3 amide bonds. The largest absolute Gasteiger partial charge is 0.396 e. The molecule has 1 unspecified atom stereocenters. The highest BCUT2D eigenvalue weighted by Gasteiger charge is 2.70. The SMILES string of the molecule is CCN(CC)c1ccc(N2CC=C[C@]34S[C@H]5C=CCN(Cc6ccccc6)C(=O)[C@H]5[C@H]3C(=O)N(CCCCCO)C4C2=O)cc1. The molecule has 4 heterocycles. The van der Waals surface area contributed by atoms with Crippen LogP contribution in [0, 0.1) is 11.8 Å². The number of nitrogens with zero attached hydrogens (tertiary/aromatic N) is 4. The number of likely N-dealkylation sites (tertiary alicyclic amines) is 1. The van der Waals surface area contributed by atoms with Crippen molar-refractivity contribution in [2.75, 3.05) is 49.1 Å². The summed E-state index contributed by atoms with van der Waals surface area (Å²) in [6.45, 7) is 7.95. The predicted molar refractivity (Wildman–Crippen MR) is 180 cm³/mol. The quantitative estimate of drug-likeness (QED) is 0.292. The van der Waals surface area contributed by atoms with Gasteiger partial charge in [-0.25, -0.2) is 0 Å². The van der Waals surface area contributed by atoms with Crippen molar-refractivity contribution >= 4 is 40.9 Å². The first-order chi connectivity index (χ1) is 21.9. The first-order valence-corrected chi connectivity index (χ1v) is 17.2. The van der Waals surface area contributed by atoms with Crippen LogP contribution in [0.5, 0.6) is 0 Å². The summed E-state index contributed by atoms with van der Waals surface area (Å²) in [7, 11) is 0. The molecule has 8 nitrogen and oxygen atoms in total. The molecule has 1 spiro atoms. The van der Waals surface area contributed by atoms with E-state index >= 15 is 0 Å². The highest BCUT2D eigenvalue weighted by Crippen LogP contribution is 2.61. The molecule has 1 N–H and O–H groups in total. The summed E-state index contributed by atoms with van der Waals surface area (Å²) in [5.41, 5.74) is 2.96. The fraction of sp³-hybridized carbons (Fsp3) is 0.472. The van der Waals surface area contributed by atoms with Gasteiger partial charge in [-0.3, -0.25) is 14.4 Å². The Labute approximate surface area is 270 Å². The lowest BCUT2D eigenvalue weighted by Crippen LogP contribution is -2.53. The van der Waals surface area contributed by atoms with Gasteiger partial charge in [-0.15, -0.1) is 11.8 Å². The Morgan fingerprint density at radius 1 is 0.889 bits per heavy atom. The summed E-state index contributed by atoms with van der Waals surface area (Å²) < 4.78 is -0.841. The molecular formula is C36H44N4O4S. The van der Waals surface area contributed by atoms with Crippen molar-refractivity contribution in [3.8, 4) is 0 Å². The number of carbonyl (C=O) groups excluding carboxylic acids is 3. The molecule has 0 radical (unpaired) electrons. The van der Waals surface area contributed by atoms with Crippen molar-refractivity contribution in [2.45, 2.75) is 55.7 Å². The van der Waals surface area contributed by atoms with Gasteiger partial charge in [0, 0.05) is 62.5 Å². The molecule has 45 heavy (non-hydrogen) atoms. The van der Waals surface area contributed by atoms with Gasteiger partial charge in [0.25, 0.3) is 5.91 Å². The van der Waals surface area contributed by atoms with E-state index in [1.165, 1.54) is 0 Å². The number of unbranched alkanes of at least 4 members (excludes halogenated alkanes) is 2. The second-order valence-corrected chi connectivity index (χ2v) is 13.8. The molecule has 238 valence electrons. The molecule has 5 atom stereocenters. The first-order valence-electron chi connectivity index (χ1n) is 16.4. The number of benzene rings is 2. The van der Waals surface area contributed by atoms with Crippen molar-refractivity contribution < 1.29 is 19.5 Å². The third kappa shape index (κ3) is 5.69. The molecule has 6 rings (SSSR count). The summed E-state index contributed by atoms with van der Waals surface area (Å²) in [6, 6.07) is 17.3. The van der Waals surface area contributed by atoms with E-state index in [0.29, 0.717) is 39.0 Å². The second-order valence-electron chi connectivity index (χ2n) is 12.3. The summed E-state index contributed by atoms with van der Waals surface area (Å²) >= 11 is 1.62. The second kappa shape index (κ2) is 13.4. The topological polar surface area (TPSA) is 84.4 Å². The molecule has 0 bridgehead atoms. The van der Waals surface area contributed by atoms with Crippen LogP contribution in [-0.2, 0) is 20.9 Å². The lowest BCUT2D eigenvalue weighted by atomic mass is 9.78. The third-order valence-corrected chi connectivity index (χ3v) is 11.5. The Kier molecular flexibility index (Phi) is 9.38. The maximum atomic E-state index is 14.7. The van der Waals surface area contributed by atoms with Crippen LogP contribution in [0.15, 0.2) is 78.9 Å². The molecular weight excluding hydrogens is 584 g/mol. The Morgan fingerprint density at radius 3 is 2.36 bits per heavy atom. The lowest BCUT2D eigenvalue weighted by Gasteiger charge is -2.35. The minimum absolute atomic E-state index is 0.0219. The minimum Gasteiger partial charge on any atom is -0.396 e. The zero-order chi connectivity index (χ0) is 31.6. The zero-order valence-corrected chi connectivity index (χ0v) is 27.1. The van der Waals surface area contributed by atoms with Crippen LogP contribution in [0.4, 0.5) is 11.4 Å². The van der Waals surface area contributed by atoms with Gasteiger partial charge in [-0.05, 0) is 62.9 Å². The molecule has 2 saturated heterocycles. The van der Waals surface area contributed by atoms with Crippen LogP contribution in [-0.4, -0.2) is 88.0 Å². The standard InChI is InChI=1S/C36H44N4O4S/c1-3-37(4-2)27-16-18-28(19-17-27)39-23-12-20-36-31(34(43)40(32(36)35(39)44)22-9-6-10-24-41)30-29(45-36)15-11-21-38(33(30)42)25-26-13-7-5-8-14-26/h5,7-8,11-20,29-32,41H,3-4,6,9-10,21-25H2,1-2H3/t29-,30+,31-,32?,36-/m0/s1. The van der Waals surface area contributed by atoms with E-state index < -0.39 is 22.6 Å². The van der Waals surface area contributed by atoms with E-state index in [4.69, 9.17) is 0 Å². The summed E-state index contributed by atoms with van der Waals surface area (Å²) in [5, 5.41) is 9.17. The number of aliphatic hydroxyl groups is 1. The maximum absolute atomic E-state index is 14.7. The number of amides is 3. The van der Waals surface area contributed by atoms with Crippen LogP contribution in [0.3, 0.4) is 0 Å². The van der Waals surface area contributed by atoms with E-state index in [1.54, 1.807) is 21.6 Å². The van der Waals surface area contributed by atoms with E-state index in [-0.39, 0.29) is 29.6 Å². The van der Waals surface area contributed by atoms with E-state index in [9.17, 15) is 19.5 Å². The predicted octanol–water partition coefficient (Wildman–Crippen LogP) is 4.49. The normalized spacial score (nSPS) is 27.4. The Bertz CT molecular complexity index is 1440. The molecule has 0 aliphatic carbocycles. The van der Waals surface area contributed by atoms with Gasteiger partial charge >= 0.3 is 0 Å². The first kappa shape index (κ1) is 31.4. The van der Waals surface area contributed by atoms with Gasteiger partial charge in [0.05, 0.1) is 16.6 Å². The molecule has 9 heteroatoms. The smallest absolute Gasteiger partial charge is 0.251 e. The van der Waals surface area contributed by atoms with Crippen molar-refractivity contribution in [1.82, 2.24) is 9.80 Å². The average molecular weight is 629 g/mol. The highest BCUT2D eigenvalue weighted by atomic mass is 32.2. The zero-order valence-electron chi connectivity index (χ0n) is 26.3. The van der Waals surface area contributed by atoms with Gasteiger partial charge in [-0.2, -0.15) is 0 Å². The van der Waals surface area contributed by atoms with Crippen LogP contribution in [0.25, 0.3) is 0 Å². The Balaban J connectivity index is 1.35. The molecule has 0 aromatic heterocycles. The minimum atomic E-state index is -0.841. The fourth-order valence-electron chi connectivity index (χ4n) is 7.61. The lowest BCUT2D eigenvalue weighted by molar-refractivity contribution is -0.143. The van der Waals surface area contributed by atoms with Gasteiger partial charge in [0.15, 0.2) is 0 Å². The molecule has 2 fully saturated rings. The van der Waals surface area contributed by atoms with Crippen molar-refractivity contribution in [1.29, 1.82) is 0 Å². The van der Waals surface area contributed by atoms with Crippen LogP contribution in [0.2, 0.25) is 0 Å². The van der Waals surface area contributed by atoms with Gasteiger partial charge in [-0.1, -0.05) is 54.6 Å². The highest BCUT2D eigenvalue weighted by molar-refractivity contribution is 8.02. The average Bonchev–Trinajstić information content (AvgIpc) is 3.37. The van der Waals surface area contributed by atoms with Crippen molar-refractivity contribution in [2.24, 2.45) is 11.8 Å². The number of fused-ring (bicyclic) bond motifs is 2. The number of aliphatic hydroxyl groups excluding tert-OH is 1. The maximum Gasteiger partial charge on any atom is 0.251 e. The van der Waals surface area contributed by atoms with E-state index in [0.717, 1.165) is 36.4 Å². The Morgan fingerprint density at radius 2 is 1.64 bits per heavy atom. The third-order valence-electron chi connectivity index (χ3n) is 9.81. The number of hydrogen-bond donors (Lipinski definition) is 1. The fourth-order valence-corrected chi connectivity index (χ4v) is 9.62. The number of carbonyl (C=O) groups is 3. The van der Waals surface area contributed by atoms with Crippen molar-refractivity contribution in [3.05, 3.63) is 84.5 Å². The number of thioether (sulfide) groups is 1. The monoisotopic (exact) mass is 628 g/mol. The summed E-state index contributed by atoms with van der Waals surface area (Å²) in [6.07, 6.45) is 10.3. The van der Waals surface area contributed by atoms with Crippen LogP contribution in [0.1, 0.15) is 38.7 Å². The van der Waals surface area contributed by atoms with Crippen LogP contribution < -0.4 is 9.80 Å². The van der Waals surface area contributed by atoms with Gasteiger partial charge in [0.1, 0.15) is 6.04 Å². The number of anilines is 2. The van der Waals surface area contributed by atoms with Crippen LogP contribution >= 0.6 is 11.8 Å². The molecule has 4 aliphatic rings. The molecule has 2 aromatic rings. The van der Waals surface area contributed by atoms with Gasteiger partial charge < -0.3 is 24.7 Å². The van der Waals surface area contributed by atoms with E-state index in [1.807, 2.05) is 59.5 Å².